The minimum atomic E-state index is -1.68. The summed E-state index contributed by atoms with van der Waals surface area (Å²) in [4.78, 5) is 37.5. The van der Waals surface area contributed by atoms with Crippen molar-refractivity contribution in [2.45, 2.75) is 25.8 Å². The van der Waals surface area contributed by atoms with Crippen molar-refractivity contribution < 1.29 is 37.0 Å². The van der Waals surface area contributed by atoms with Crippen molar-refractivity contribution in [3.05, 3.63) is 65.0 Å². The third-order valence-corrected chi connectivity index (χ3v) is 4.96. The van der Waals surface area contributed by atoms with Crippen LogP contribution in [0.2, 0.25) is 0 Å². The standard InChI is InChI=1S/C22H21F3N2O5/c1-2-31-22(30)32-15-5-3-13(4-6-15)20(28)26-14-9-11-27(12-10-14)21(29)16-7-8-17(23)19(25)18(16)24/h3-8,14H,2,9-12H2,1H3,(H,26,28). The number of likely N-dealkylation sites (tertiary alicyclic amines) is 1. The molecule has 1 aliphatic heterocycles. The van der Waals surface area contributed by atoms with Gasteiger partial charge in [-0.05, 0) is 56.2 Å². The highest BCUT2D eigenvalue weighted by molar-refractivity contribution is 5.95. The van der Waals surface area contributed by atoms with Crippen molar-refractivity contribution in [2.24, 2.45) is 0 Å². The van der Waals surface area contributed by atoms with Crippen molar-refractivity contribution in [2.75, 3.05) is 19.7 Å². The van der Waals surface area contributed by atoms with Crippen LogP contribution in [0.5, 0.6) is 5.75 Å². The summed E-state index contributed by atoms with van der Waals surface area (Å²) in [6, 6.07) is 7.31. The van der Waals surface area contributed by atoms with Gasteiger partial charge in [-0.1, -0.05) is 0 Å². The van der Waals surface area contributed by atoms with Gasteiger partial charge in [0.05, 0.1) is 12.2 Å². The molecule has 170 valence electrons. The molecule has 2 amide bonds. The Kier molecular flexibility index (Phi) is 7.34. The van der Waals surface area contributed by atoms with Crippen LogP contribution < -0.4 is 10.1 Å². The van der Waals surface area contributed by atoms with Gasteiger partial charge in [0.1, 0.15) is 5.75 Å². The van der Waals surface area contributed by atoms with Gasteiger partial charge in [-0.25, -0.2) is 18.0 Å². The highest BCUT2D eigenvalue weighted by Gasteiger charge is 2.28. The fourth-order valence-electron chi connectivity index (χ4n) is 3.27. The summed E-state index contributed by atoms with van der Waals surface area (Å²) in [6.45, 7) is 2.26. The fourth-order valence-corrected chi connectivity index (χ4v) is 3.27. The smallest absolute Gasteiger partial charge is 0.434 e. The first-order chi connectivity index (χ1) is 15.3. The number of amides is 2. The SMILES string of the molecule is CCOC(=O)Oc1ccc(C(=O)NC2CCN(C(=O)c3ccc(F)c(F)c3F)CC2)cc1. The lowest BCUT2D eigenvalue weighted by atomic mass is 10.0. The molecule has 0 saturated carbocycles. The Hall–Kier alpha value is -3.56. The summed E-state index contributed by atoms with van der Waals surface area (Å²) in [5.74, 6) is -5.40. The second-order valence-corrected chi connectivity index (χ2v) is 7.07. The lowest BCUT2D eigenvalue weighted by Gasteiger charge is -2.32. The van der Waals surface area contributed by atoms with Crippen LogP contribution >= 0.6 is 0 Å². The van der Waals surface area contributed by atoms with Gasteiger partial charge in [0.25, 0.3) is 11.8 Å². The number of rotatable bonds is 5. The molecule has 0 aromatic heterocycles. The molecular weight excluding hydrogens is 429 g/mol. The molecule has 1 aliphatic rings. The average molecular weight is 450 g/mol. The molecule has 2 aromatic carbocycles. The van der Waals surface area contributed by atoms with Gasteiger partial charge in [0, 0.05) is 24.7 Å². The quantitative estimate of drug-likeness (QED) is 0.427. The van der Waals surface area contributed by atoms with Crippen LogP contribution in [0.25, 0.3) is 0 Å². The zero-order valence-electron chi connectivity index (χ0n) is 17.2. The zero-order valence-corrected chi connectivity index (χ0v) is 17.2. The normalized spacial score (nSPS) is 14.1. The lowest BCUT2D eigenvalue weighted by molar-refractivity contribution is 0.0692. The molecule has 10 heteroatoms. The fraction of sp³-hybridized carbons (Fsp3) is 0.318. The molecule has 0 spiro atoms. The monoisotopic (exact) mass is 450 g/mol. The Morgan fingerprint density at radius 1 is 1.00 bits per heavy atom. The van der Waals surface area contributed by atoms with E-state index in [1.165, 1.54) is 29.2 Å². The zero-order chi connectivity index (χ0) is 23.3. The molecule has 32 heavy (non-hydrogen) atoms. The van der Waals surface area contributed by atoms with Gasteiger partial charge in [-0.15, -0.1) is 0 Å². The minimum absolute atomic E-state index is 0.180. The Morgan fingerprint density at radius 2 is 1.66 bits per heavy atom. The topological polar surface area (TPSA) is 84.9 Å². The van der Waals surface area contributed by atoms with Gasteiger partial charge >= 0.3 is 6.16 Å². The number of hydrogen-bond donors (Lipinski definition) is 1. The van der Waals surface area contributed by atoms with E-state index in [2.05, 4.69) is 10.1 Å². The van der Waals surface area contributed by atoms with E-state index in [1.807, 2.05) is 0 Å². The average Bonchev–Trinajstić information content (AvgIpc) is 2.78. The predicted molar refractivity (Wildman–Crippen MR) is 107 cm³/mol. The van der Waals surface area contributed by atoms with Crippen LogP contribution in [0.15, 0.2) is 36.4 Å². The van der Waals surface area contributed by atoms with Crippen molar-refractivity contribution in [1.29, 1.82) is 0 Å². The van der Waals surface area contributed by atoms with E-state index in [1.54, 1.807) is 6.92 Å². The number of hydrogen-bond acceptors (Lipinski definition) is 5. The van der Waals surface area contributed by atoms with Crippen LogP contribution in [-0.4, -0.2) is 48.6 Å². The molecule has 0 atom stereocenters. The first kappa shape index (κ1) is 23.1. The maximum absolute atomic E-state index is 13.9. The second-order valence-electron chi connectivity index (χ2n) is 7.07. The number of carbonyl (C=O) groups excluding carboxylic acids is 3. The summed E-state index contributed by atoms with van der Waals surface area (Å²) < 4.78 is 50.0. The van der Waals surface area contributed by atoms with Crippen molar-refractivity contribution in [3.8, 4) is 5.75 Å². The van der Waals surface area contributed by atoms with Crippen molar-refractivity contribution in [1.82, 2.24) is 10.2 Å². The van der Waals surface area contributed by atoms with Crippen LogP contribution in [-0.2, 0) is 4.74 Å². The summed E-state index contributed by atoms with van der Waals surface area (Å²) in [5.41, 5.74) is -0.180. The van der Waals surface area contributed by atoms with Crippen molar-refractivity contribution >= 4 is 18.0 Å². The number of nitrogens with one attached hydrogen (secondary N) is 1. The second kappa shape index (κ2) is 10.2. The molecule has 3 rings (SSSR count). The number of piperidine rings is 1. The molecule has 1 N–H and O–H groups in total. The molecular formula is C22H21F3N2O5. The van der Waals surface area contributed by atoms with E-state index >= 15 is 0 Å². The Morgan fingerprint density at radius 3 is 2.28 bits per heavy atom. The van der Waals surface area contributed by atoms with Gasteiger partial charge in [-0.2, -0.15) is 0 Å². The van der Waals surface area contributed by atoms with E-state index < -0.39 is 35.1 Å². The summed E-state index contributed by atoms with van der Waals surface area (Å²) in [5, 5.41) is 2.85. The van der Waals surface area contributed by atoms with E-state index in [0.717, 1.165) is 6.07 Å². The van der Waals surface area contributed by atoms with Gasteiger partial charge in [0.2, 0.25) is 0 Å². The first-order valence-corrected chi connectivity index (χ1v) is 9.98. The number of nitrogens with zero attached hydrogens (tertiary/aromatic N) is 1. The Labute approximate surface area is 182 Å². The molecule has 1 heterocycles. The highest BCUT2D eigenvalue weighted by atomic mass is 19.2. The number of carbonyl (C=O) groups is 3. The summed E-state index contributed by atoms with van der Waals surface area (Å²) in [6.07, 6.45) is -0.0195. The van der Waals surface area contributed by atoms with Crippen LogP contribution in [0.1, 0.15) is 40.5 Å². The van der Waals surface area contributed by atoms with Crippen molar-refractivity contribution in [3.63, 3.8) is 0 Å². The molecule has 0 aliphatic carbocycles. The molecule has 0 unspecified atom stereocenters. The summed E-state index contributed by atoms with van der Waals surface area (Å²) in [7, 11) is 0. The molecule has 7 nitrogen and oxygen atoms in total. The van der Waals surface area contributed by atoms with Gasteiger partial charge < -0.3 is 19.7 Å². The third-order valence-electron chi connectivity index (χ3n) is 4.96. The van der Waals surface area contributed by atoms with Crippen LogP contribution in [0.3, 0.4) is 0 Å². The third kappa shape index (κ3) is 5.37. The minimum Gasteiger partial charge on any atom is -0.434 e. The maximum Gasteiger partial charge on any atom is 0.513 e. The highest BCUT2D eigenvalue weighted by Crippen LogP contribution is 2.20. The van der Waals surface area contributed by atoms with E-state index in [4.69, 9.17) is 4.74 Å². The molecule has 1 saturated heterocycles. The maximum atomic E-state index is 13.9. The molecule has 0 bridgehead atoms. The summed E-state index contributed by atoms with van der Waals surface area (Å²) >= 11 is 0. The first-order valence-electron chi connectivity index (χ1n) is 9.98. The van der Waals surface area contributed by atoms with Crippen LogP contribution in [0.4, 0.5) is 18.0 Å². The molecule has 2 aromatic rings. The van der Waals surface area contributed by atoms with E-state index in [9.17, 15) is 27.6 Å². The van der Waals surface area contributed by atoms with E-state index in [-0.39, 0.29) is 37.4 Å². The Bertz CT molecular complexity index is 1010. The van der Waals surface area contributed by atoms with Gasteiger partial charge in [0.15, 0.2) is 17.5 Å². The molecule has 1 fully saturated rings. The number of halogens is 3. The Balaban J connectivity index is 1.52. The number of benzene rings is 2. The lowest BCUT2D eigenvalue weighted by Crippen LogP contribution is -2.46. The molecule has 0 radical (unpaired) electrons. The largest absolute Gasteiger partial charge is 0.513 e. The van der Waals surface area contributed by atoms with Gasteiger partial charge in [-0.3, -0.25) is 9.59 Å². The predicted octanol–water partition coefficient (Wildman–Crippen LogP) is 3.67. The number of ether oxygens (including phenoxy) is 2. The van der Waals surface area contributed by atoms with E-state index in [0.29, 0.717) is 24.5 Å². The van der Waals surface area contributed by atoms with Crippen LogP contribution in [0, 0.1) is 17.5 Å².